The molecule has 0 saturated carbocycles. The highest BCUT2D eigenvalue weighted by molar-refractivity contribution is 6.08. The van der Waals surface area contributed by atoms with Gasteiger partial charge in [0.1, 0.15) is 5.69 Å². The van der Waals surface area contributed by atoms with Gasteiger partial charge in [0.15, 0.2) is 5.78 Å². The number of amides is 1. The molecular weight excluding hydrogens is 368 g/mol. The summed E-state index contributed by atoms with van der Waals surface area (Å²) >= 11 is 0. The highest BCUT2D eigenvalue weighted by Gasteiger charge is 2.41. The zero-order valence-corrected chi connectivity index (χ0v) is 16.5. The van der Waals surface area contributed by atoms with Crippen molar-refractivity contribution >= 4 is 23.1 Å². The van der Waals surface area contributed by atoms with Crippen LogP contribution in [-0.2, 0) is 9.59 Å². The molecule has 2 aromatic rings. The van der Waals surface area contributed by atoms with Crippen LogP contribution in [0.4, 0.5) is 11.4 Å². The van der Waals surface area contributed by atoms with E-state index in [2.05, 4.69) is 0 Å². The zero-order chi connectivity index (χ0) is 20.7. The Kier molecular flexibility index (Phi) is 4.78. The third-order valence-electron chi connectivity index (χ3n) is 5.81. The van der Waals surface area contributed by atoms with E-state index in [-0.39, 0.29) is 35.4 Å². The van der Waals surface area contributed by atoms with Crippen LogP contribution in [-0.4, -0.2) is 16.6 Å². The molecule has 6 nitrogen and oxygen atoms in total. The third kappa shape index (κ3) is 3.24. The summed E-state index contributed by atoms with van der Waals surface area (Å²) in [7, 11) is 0. The van der Waals surface area contributed by atoms with E-state index in [9.17, 15) is 19.7 Å². The quantitative estimate of drug-likeness (QED) is 0.560. The number of nitrogens with zero attached hydrogens (tertiary/aromatic N) is 2. The van der Waals surface area contributed by atoms with Gasteiger partial charge in [-0.05, 0) is 49.4 Å². The number of carbonyl (C=O) groups is 2. The highest BCUT2D eigenvalue weighted by atomic mass is 16.6. The first-order valence-electron chi connectivity index (χ1n) is 9.78. The molecule has 6 heteroatoms. The summed E-state index contributed by atoms with van der Waals surface area (Å²) in [5.41, 5.74) is 4.15. The number of nitro groups is 1. The average Bonchev–Trinajstić information content (AvgIpc) is 2.68. The van der Waals surface area contributed by atoms with Crippen LogP contribution in [0.15, 0.2) is 53.7 Å². The Labute approximate surface area is 169 Å². The molecule has 0 radical (unpaired) electrons. The van der Waals surface area contributed by atoms with Gasteiger partial charge in [-0.15, -0.1) is 0 Å². The van der Waals surface area contributed by atoms with E-state index in [4.69, 9.17) is 0 Å². The number of hydrogen-bond acceptors (Lipinski definition) is 4. The van der Waals surface area contributed by atoms with E-state index in [0.717, 1.165) is 16.7 Å². The van der Waals surface area contributed by atoms with Crippen LogP contribution in [0.3, 0.4) is 0 Å². The van der Waals surface area contributed by atoms with Crippen LogP contribution in [0.1, 0.15) is 48.3 Å². The van der Waals surface area contributed by atoms with Gasteiger partial charge in [0, 0.05) is 36.1 Å². The van der Waals surface area contributed by atoms with E-state index >= 15 is 0 Å². The summed E-state index contributed by atoms with van der Waals surface area (Å²) in [4.78, 5) is 38.8. The van der Waals surface area contributed by atoms with Gasteiger partial charge in [-0.3, -0.25) is 24.6 Å². The number of aryl methyl sites for hydroxylation is 2. The Balaban J connectivity index is 1.93. The lowest BCUT2D eigenvalue weighted by Gasteiger charge is -2.38. The fourth-order valence-corrected chi connectivity index (χ4v) is 4.48. The lowest BCUT2D eigenvalue weighted by atomic mass is 9.76. The van der Waals surface area contributed by atoms with Gasteiger partial charge in [-0.25, -0.2) is 0 Å². The minimum Gasteiger partial charge on any atom is -0.294 e. The van der Waals surface area contributed by atoms with Crippen LogP contribution in [0.5, 0.6) is 0 Å². The lowest BCUT2D eigenvalue weighted by Crippen LogP contribution is -2.41. The Hall–Kier alpha value is -3.28. The van der Waals surface area contributed by atoms with Gasteiger partial charge in [0.2, 0.25) is 5.91 Å². The fraction of sp³-hybridized carbons (Fsp3) is 0.304. The van der Waals surface area contributed by atoms with Gasteiger partial charge < -0.3 is 0 Å². The first-order valence-corrected chi connectivity index (χ1v) is 9.78. The fourth-order valence-electron chi connectivity index (χ4n) is 4.48. The van der Waals surface area contributed by atoms with Crippen molar-refractivity contribution in [1.29, 1.82) is 0 Å². The highest BCUT2D eigenvalue weighted by Crippen LogP contribution is 2.45. The molecule has 0 spiro atoms. The second-order valence-corrected chi connectivity index (χ2v) is 7.73. The number of anilines is 1. The van der Waals surface area contributed by atoms with Gasteiger partial charge in [-0.2, -0.15) is 0 Å². The molecular formula is C23H22N2O4. The zero-order valence-electron chi connectivity index (χ0n) is 16.5. The molecule has 2 aliphatic rings. The number of hydrogen-bond donors (Lipinski definition) is 0. The van der Waals surface area contributed by atoms with Crippen molar-refractivity contribution in [2.75, 3.05) is 4.90 Å². The summed E-state index contributed by atoms with van der Waals surface area (Å²) in [6, 6.07) is 12.6. The standard InChI is InChI=1S/C23H22N2O4/c1-14-10-11-18(20(12-14)25(28)29)24-19-8-5-9-21(26)23(19)17(13-22(24)27)16-7-4-3-6-15(16)2/h3-4,6-7,10-12,17H,5,8-9,13H2,1-2H3. The molecule has 1 atom stereocenters. The second kappa shape index (κ2) is 7.28. The first-order chi connectivity index (χ1) is 13.9. The number of rotatable bonds is 3. The second-order valence-electron chi connectivity index (χ2n) is 7.73. The smallest absolute Gasteiger partial charge is 0.293 e. The van der Waals surface area contributed by atoms with Gasteiger partial charge >= 0.3 is 0 Å². The molecule has 2 aromatic carbocycles. The van der Waals surface area contributed by atoms with Crippen LogP contribution in [0, 0.1) is 24.0 Å². The maximum absolute atomic E-state index is 13.3. The molecule has 1 amide bonds. The molecule has 1 aliphatic carbocycles. The minimum absolute atomic E-state index is 0.0340. The van der Waals surface area contributed by atoms with E-state index in [1.54, 1.807) is 19.1 Å². The van der Waals surface area contributed by atoms with Crippen molar-refractivity contribution in [1.82, 2.24) is 0 Å². The molecule has 29 heavy (non-hydrogen) atoms. The Bertz CT molecular complexity index is 1070. The Morgan fingerprint density at radius 1 is 1.07 bits per heavy atom. The van der Waals surface area contributed by atoms with Crippen molar-refractivity contribution < 1.29 is 14.5 Å². The topological polar surface area (TPSA) is 80.5 Å². The van der Waals surface area contributed by atoms with Crippen molar-refractivity contribution in [3.63, 3.8) is 0 Å². The number of carbonyl (C=O) groups excluding carboxylic acids is 2. The van der Waals surface area contributed by atoms with Gasteiger partial charge in [0.05, 0.1) is 4.92 Å². The Morgan fingerprint density at radius 3 is 2.55 bits per heavy atom. The average molecular weight is 390 g/mol. The molecule has 0 bridgehead atoms. The minimum atomic E-state index is -0.464. The molecule has 0 N–H and O–H groups in total. The maximum Gasteiger partial charge on any atom is 0.293 e. The number of benzene rings is 2. The first kappa shape index (κ1) is 19.1. The molecule has 0 saturated heterocycles. The molecule has 148 valence electrons. The van der Waals surface area contributed by atoms with Gasteiger partial charge in [-0.1, -0.05) is 30.3 Å². The molecule has 4 rings (SSSR count). The Morgan fingerprint density at radius 2 is 1.83 bits per heavy atom. The molecule has 1 heterocycles. The van der Waals surface area contributed by atoms with Crippen LogP contribution in [0.2, 0.25) is 0 Å². The number of ketones is 1. The monoisotopic (exact) mass is 390 g/mol. The van der Waals surface area contributed by atoms with Crippen LogP contribution >= 0.6 is 0 Å². The summed E-state index contributed by atoms with van der Waals surface area (Å²) in [5, 5.41) is 11.7. The predicted molar refractivity (Wildman–Crippen MR) is 110 cm³/mol. The largest absolute Gasteiger partial charge is 0.294 e. The molecule has 1 aliphatic heterocycles. The molecule has 0 fully saturated rings. The van der Waals surface area contributed by atoms with Crippen LogP contribution in [0.25, 0.3) is 0 Å². The summed E-state index contributed by atoms with van der Waals surface area (Å²) < 4.78 is 0. The van der Waals surface area contributed by atoms with Crippen LogP contribution < -0.4 is 4.90 Å². The van der Waals surface area contributed by atoms with E-state index in [0.29, 0.717) is 30.5 Å². The lowest BCUT2D eigenvalue weighted by molar-refractivity contribution is -0.384. The number of Topliss-reactive ketones (excluding diaryl/α,β-unsaturated/α-hetero) is 1. The van der Waals surface area contributed by atoms with E-state index in [1.807, 2.05) is 31.2 Å². The van der Waals surface area contributed by atoms with Gasteiger partial charge in [0.25, 0.3) is 5.69 Å². The molecule has 0 aromatic heterocycles. The van der Waals surface area contributed by atoms with E-state index in [1.165, 1.54) is 11.0 Å². The van der Waals surface area contributed by atoms with Crippen molar-refractivity contribution in [3.8, 4) is 0 Å². The summed E-state index contributed by atoms with van der Waals surface area (Å²) in [6.45, 7) is 3.75. The molecule has 1 unspecified atom stereocenters. The van der Waals surface area contributed by atoms with Crippen molar-refractivity contribution in [2.24, 2.45) is 0 Å². The third-order valence-corrected chi connectivity index (χ3v) is 5.81. The summed E-state index contributed by atoms with van der Waals surface area (Å²) in [5.74, 6) is -0.474. The maximum atomic E-state index is 13.3. The normalized spacial score (nSPS) is 19.4. The van der Waals surface area contributed by atoms with Crippen molar-refractivity contribution in [3.05, 3.63) is 80.5 Å². The number of nitro benzene ring substituents is 1. The SMILES string of the molecule is Cc1ccc(N2C(=O)CC(c3ccccc3C)C3=C2CCCC3=O)c([N+](=O)[O-])c1. The number of allylic oxidation sites excluding steroid dienone is 2. The summed E-state index contributed by atoms with van der Waals surface area (Å²) in [6.07, 6.45) is 1.77. The predicted octanol–water partition coefficient (Wildman–Crippen LogP) is 4.74. The van der Waals surface area contributed by atoms with Crippen molar-refractivity contribution in [2.45, 2.75) is 45.4 Å². The van der Waals surface area contributed by atoms with E-state index < -0.39 is 4.92 Å².